The molecule has 0 aliphatic carbocycles. The first-order chi connectivity index (χ1) is 8.59. The Morgan fingerprint density at radius 1 is 1.50 bits per heavy atom. The van der Waals surface area contributed by atoms with Gasteiger partial charge in [-0.3, -0.25) is 0 Å². The summed E-state index contributed by atoms with van der Waals surface area (Å²) in [5, 5.41) is 6.81. The normalized spacial score (nSPS) is 10.4. The molecule has 1 aromatic rings. The first-order valence-electron chi connectivity index (χ1n) is 6.17. The smallest absolute Gasteiger partial charge is 0.171 e. The number of aromatic nitrogens is 1. The van der Waals surface area contributed by atoms with Gasteiger partial charge < -0.3 is 15.4 Å². The topological polar surface area (TPSA) is 46.2 Å². The highest BCUT2D eigenvalue weighted by Gasteiger charge is 2.01. The highest BCUT2D eigenvalue weighted by atomic mass is 32.1. The molecule has 2 N–H and O–H groups in total. The van der Waals surface area contributed by atoms with E-state index in [1.165, 1.54) is 0 Å². The van der Waals surface area contributed by atoms with Crippen LogP contribution in [-0.4, -0.2) is 29.4 Å². The number of nitrogens with zero attached hydrogens (tertiary/aromatic N) is 1. The minimum absolute atomic E-state index is 0.284. The SMILES string of the molecule is Cc1cccnc1NC(=S)NCCCOC(C)C. The fraction of sp³-hybridized carbons (Fsp3) is 0.538. The molecule has 0 unspecified atom stereocenters. The molecule has 0 bridgehead atoms. The Morgan fingerprint density at radius 3 is 2.94 bits per heavy atom. The summed E-state index contributed by atoms with van der Waals surface area (Å²) < 4.78 is 5.45. The fourth-order valence-corrected chi connectivity index (χ4v) is 1.56. The minimum Gasteiger partial charge on any atom is -0.379 e. The van der Waals surface area contributed by atoms with Gasteiger partial charge in [0.05, 0.1) is 6.10 Å². The number of aryl methyl sites for hydroxylation is 1. The van der Waals surface area contributed by atoms with Crippen LogP contribution in [0.3, 0.4) is 0 Å². The zero-order chi connectivity index (χ0) is 13.4. The van der Waals surface area contributed by atoms with E-state index in [1.807, 2.05) is 32.9 Å². The van der Waals surface area contributed by atoms with Gasteiger partial charge >= 0.3 is 0 Å². The van der Waals surface area contributed by atoms with E-state index in [1.54, 1.807) is 6.20 Å². The third kappa shape index (κ3) is 5.93. The molecule has 0 saturated carbocycles. The van der Waals surface area contributed by atoms with E-state index < -0.39 is 0 Å². The third-order valence-corrected chi connectivity index (χ3v) is 2.55. The van der Waals surface area contributed by atoms with Crippen LogP contribution in [-0.2, 0) is 4.74 Å². The number of hydrogen-bond donors (Lipinski definition) is 2. The number of anilines is 1. The summed E-state index contributed by atoms with van der Waals surface area (Å²) in [7, 11) is 0. The van der Waals surface area contributed by atoms with Crippen molar-refractivity contribution in [3.8, 4) is 0 Å². The molecule has 1 rings (SSSR count). The van der Waals surface area contributed by atoms with E-state index in [4.69, 9.17) is 17.0 Å². The maximum Gasteiger partial charge on any atom is 0.171 e. The number of ether oxygens (including phenoxy) is 1. The van der Waals surface area contributed by atoms with Gasteiger partial charge in [-0.2, -0.15) is 0 Å². The summed E-state index contributed by atoms with van der Waals surface area (Å²) >= 11 is 5.19. The Morgan fingerprint density at radius 2 is 2.28 bits per heavy atom. The Bertz CT molecular complexity index is 382. The maximum absolute atomic E-state index is 5.45. The molecule has 0 atom stereocenters. The van der Waals surface area contributed by atoms with Crippen molar-refractivity contribution in [1.29, 1.82) is 0 Å². The molecular weight excluding hydrogens is 246 g/mol. The van der Waals surface area contributed by atoms with Crippen molar-refractivity contribution in [3.05, 3.63) is 23.9 Å². The van der Waals surface area contributed by atoms with Crippen LogP contribution < -0.4 is 10.6 Å². The van der Waals surface area contributed by atoms with Crippen molar-refractivity contribution >= 4 is 23.1 Å². The van der Waals surface area contributed by atoms with Gasteiger partial charge in [0.25, 0.3) is 0 Å². The summed E-state index contributed by atoms with van der Waals surface area (Å²) in [4.78, 5) is 4.22. The molecule has 0 aromatic carbocycles. The minimum atomic E-state index is 0.284. The number of rotatable bonds is 6. The van der Waals surface area contributed by atoms with E-state index in [9.17, 15) is 0 Å². The van der Waals surface area contributed by atoms with E-state index in [0.717, 1.165) is 31.0 Å². The van der Waals surface area contributed by atoms with Crippen molar-refractivity contribution in [1.82, 2.24) is 10.3 Å². The summed E-state index contributed by atoms with van der Waals surface area (Å²) in [5.74, 6) is 0.799. The van der Waals surface area contributed by atoms with Crippen molar-refractivity contribution in [2.45, 2.75) is 33.3 Å². The quantitative estimate of drug-likeness (QED) is 0.612. The van der Waals surface area contributed by atoms with Gasteiger partial charge in [0.1, 0.15) is 5.82 Å². The van der Waals surface area contributed by atoms with E-state index in [0.29, 0.717) is 5.11 Å². The average molecular weight is 267 g/mol. The Balaban J connectivity index is 2.20. The van der Waals surface area contributed by atoms with Crippen LogP contribution >= 0.6 is 12.2 Å². The van der Waals surface area contributed by atoms with Crippen molar-refractivity contribution < 1.29 is 4.74 Å². The first kappa shape index (κ1) is 14.9. The van der Waals surface area contributed by atoms with Crippen LogP contribution in [0.1, 0.15) is 25.8 Å². The Hall–Kier alpha value is -1.20. The van der Waals surface area contributed by atoms with Crippen molar-refractivity contribution in [2.24, 2.45) is 0 Å². The largest absolute Gasteiger partial charge is 0.379 e. The molecule has 0 fully saturated rings. The predicted molar refractivity (Wildman–Crippen MR) is 78.9 cm³/mol. The van der Waals surface area contributed by atoms with Crippen LogP contribution in [0.15, 0.2) is 18.3 Å². The molecule has 18 heavy (non-hydrogen) atoms. The number of thiocarbonyl (C=S) groups is 1. The molecule has 4 nitrogen and oxygen atoms in total. The fourth-order valence-electron chi connectivity index (χ4n) is 1.36. The summed E-state index contributed by atoms with van der Waals surface area (Å²) in [6.07, 6.45) is 2.96. The monoisotopic (exact) mass is 267 g/mol. The van der Waals surface area contributed by atoms with E-state index in [2.05, 4.69) is 15.6 Å². The Labute approximate surface area is 114 Å². The van der Waals surface area contributed by atoms with Gasteiger partial charge in [0.2, 0.25) is 0 Å². The molecule has 5 heteroatoms. The van der Waals surface area contributed by atoms with Gasteiger partial charge in [-0.1, -0.05) is 6.07 Å². The second-order valence-corrected chi connectivity index (χ2v) is 4.73. The van der Waals surface area contributed by atoms with Crippen LogP contribution in [0, 0.1) is 6.92 Å². The highest BCUT2D eigenvalue weighted by molar-refractivity contribution is 7.80. The third-order valence-electron chi connectivity index (χ3n) is 2.30. The van der Waals surface area contributed by atoms with Gasteiger partial charge in [0, 0.05) is 19.3 Å². The van der Waals surface area contributed by atoms with Crippen molar-refractivity contribution in [2.75, 3.05) is 18.5 Å². The first-order valence-corrected chi connectivity index (χ1v) is 6.58. The molecule has 0 aliphatic heterocycles. The molecule has 0 aliphatic rings. The van der Waals surface area contributed by atoms with Crippen LogP contribution in [0.25, 0.3) is 0 Å². The van der Waals surface area contributed by atoms with Crippen molar-refractivity contribution in [3.63, 3.8) is 0 Å². The number of pyridine rings is 1. The lowest BCUT2D eigenvalue weighted by Gasteiger charge is -2.12. The van der Waals surface area contributed by atoms with Crippen LogP contribution in [0.2, 0.25) is 0 Å². The zero-order valence-electron chi connectivity index (χ0n) is 11.2. The van der Waals surface area contributed by atoms with Gasteiger partial charge in [-0.15, -0.1) is 0 Å². The second kappa shape index (κ2) is 8.00. The second-order valence-electron chi connectivity index (χ2n) is 4.32. The van der Waals surface area contributed by atoms with Crippen LogP contribution in [0.4, 0.5) is 5.82 Å². The highest BCUT2D eigenvalue weighted by Crippen LogP contribution is 2.08. The lowest BCUT2D eigenvalue weighted by molar-refractivity contribution is 0.0777. The molecular formula is C13H21N3OS. The molecule has 0 radical (unpaired) electrons. The van der Waals surface area contributed by atoms with Gasteiger partial charge in [-0.25, -0.2) is 4.98 Å². The predicted octanol–water partition coefficient (Wildman–Crippen LogP) is 2.49. The number of nitrogens with one attached hydrogen (secondary N) is 2. The lowest BCUT2D eigenvalue weighted by Crippen LogP contribution is -2.30. The average Bonchev–Trinajstić information content (AvgIpc) is 2.31. The standard InChI is InChI=1S/C13H21N3OS/c1-10(2)17-9-5-8-15-13(18)16-12-11(3)6-4-7-14-12/h4,6-7,10H,5,8-9H2,1-3H3,(H2,14,15,16,18). The Kier molecular flexibility index (Phi) is 6.60. The molecule has 1 aromatic heterocycles. The van der Waals surface area contributed by atoms with E-state index in [-0.39, 0.29) is 6.10 Å². The maximum atomic E-state index is 5.45. The lowest BCUT2D eigenvalue weighted by atomic mass is 10.3. The summed E-state index contributed by atoms with van der Waals surface area (Å²) in [6, 6.07) is 3.90. The van der Waals surface area contributed by atoms with Gasteiger partial charge in [-0.05, 0) is 51.0 Å². The van der Waals surface area contributed by atoms with E-state index >= 15 is 0 Å². The molecule has 0 spiro atoms. The molecule has 100 valence electrons. The zero-order valence-corrected chi connectivity index (χ0v) is 12.0. The summed E-state index contributed by atoms with van der Waals surface area (Å²) in [6.45, 7) is 7.60. The van der Waals surface area contributed by atoms with Crippen LogP contribution in [0.5, 0.6) is 0 Å². The van der Waals surface area contributed by atoms with Gasteiger partial charge in [0.15, 0.2) is 5.11 Å². The molecule has 1 heterocycles. The molecule has 0 saturated heterocycles. The number of hydrogen-bond acceptors (Lipinski definition) is 3. The molecule has 0 amide bonds. The summed E-state index contributed by atoms with van der Waals surface area (Å²) in [5.41, 5.74) is 1.07.